The van der Waals surface area contributed by atoms with Gasteiger partial charge in [0.15, 0.2) is 5.82 Å². The van der Waals surface area contributed by atoms with Crippen molar-refractivity contribution in [3.05, 3.63) is 35.4 Å². The molecule has 0 radical (unpaired) electrons. The van der Waals surface area contributed by atoms with Gasteiger partial charge in [0.2, 0.25) is 5.91 Å². The Balaban J connectivity index is 1.31. The van der Waals surface area contributed by atoms with Crippen LogP contribution < -0.4 is 15.0 Å². The number of carbonyl (C=O) groups excluding carboxylic acids is 1. The number of nitrogens with zero attached hydrogens (tertiary/aromatic N) is 6. The molecule has 3 aromatic heterocycles. The van der Waals surface area contributed by atoms with Crippen LogP contribution in [0.1, 0.15) is 75.8 Å². The Morgan fingerprint density at radius 1 is 1.06 bits per heavy atom. The first-order valence-electron chi connectivity index (χ1n) is 17.1. The lowest BCUT2D eigenvalue weighted by Gasteiger charge is -2.35. The zero-order valence-electron chi connectivity index (χ0n) is 27.2. The second-order valence-corrected chi connectivity index (χ2v) is 14.4. The molecule has 5 aliphatic rings. The van der Waals surface area contributed by atoms with Gasteiger partial charge in [-0.05, 0) is 89.0 Å². The van der Waals surface area contributed by atoms with Crippen molar-refractivity contribution >= 4 is 33.5 Å². The second-order valence-electron chi connectivity index (χ2n) is 14.4. The summed E-state index contributed by atoms with van der Waals surface area (Å²) in [6, 6.07) is 2.11. The van der Waals surface area contributed by atoms with Gasteiger partial charge < -0.3 is 15.0 Å². The topological polar surface area (TPSA) is 112 Å². The van der Waals surface area contributed by atoms with Crippen molar-refractivity contribution in [1.29, 1.82) is 0 Å². The molecular weight excluding hydrogens is 602 g/mol. The molecule has 1 aromatic carbocycles. The number of benzene rings is 1. The molecule has 3 atom stereocenters. The monoisotopic (exact) mass is 644 g/mol. The Morgan fingerprint density at radius 3 is 2.83 bits per heavy atom. The number of anilines is 1. The first-order chi connectivity index (χ1) is 22.7. The van der Waals surface area contributed by atoms with E-state index in [4.69, 9.17) is 19.7 Å². The van der Waals surface area contributed by atoms with E-state index < -0.39 is 23.1 Å². The molecule has 1 amide bonds. The molecular formula is C35H42F2N8O2. The van der Waals surface area contributed by atoms with Crippen LogP contribution in [0.4, 0.5) is 14.6 Å². The average Bonchev–Trinajstić information content (AvgIpc) is 3.69. The summed E-state index contributed by atoms with van der Waals surface area (Å²) in [6.45, 7) is 6.79. The lowest BCUT2D eigenvalue weighted by atomic mass is 9.91. The molecule has 0 saturated carbocycles. The predicted octanol–water partition coefficient (Wildman–Crippen LogP) is 5.56. The van der Waals surface area contributed by atoms with Gasteiger partial charge in [-0.3, -0.25) is 19.8 Å². The van der Waals surface area contributed by atoms with Gasteiger partial charge in [0.05, 0.1) is 28.2 Å². The van der Waals surface area contributed by atoms with Gasteiger partial charge in [-0.2, -0.15) is 15.1 Å². The molecule has 8 heterocycles. The number of aryl methyl sites for hydroxylation is 1. The van der Waals surface area contributed by atoms with Crippen LogP contribution >= 0.6 is 0 Å². The van der Waals surface area contributed by atoms with Crippen LogP contribution in [0.5, 0.6) is 6.01 Å². The lowest BCUT2D eigenvalue weighted by Crippen LogP contribution is -2.53. The number of fused-ring (bicyclic) bond motifs is 8. The van der Waals surface area contributed by atoms with E-state index in [1.807, 2.05) is 13.0 Å². The second kappa shape index (κ2) is 11.6. The predicted molar refractivity (Wildman–Crippen MR) is 176 cm³/mol. The highest BCUT2D eigenvalue weighted by atomic mass is 19.1. The molecule has 4 aromatic rings. The number of H-pyrrole nitrogens is 1. The summed E-state index contributed by atoms with van der Waals surface area (Å²) in [5.41, 5.74) is 2.93. The number of alkyl halides is 1. The summed E-state index contributed by atoms with van der Waals surface area (Å²) in [7, 11) is 0. The molecule has 47 heavy (non-hydrogen) atoms. The molecule has 3 fully saturated rings. The smallest absolute Gasteiger partial charge is 0.319 e. The fourth-order valence-corrected chi connectivity index (χ4v) is 8.68. The fourth-order valence-electron chi connectivity index (χ4n) is 8.68. The third-order valence-electron chi connectivity index (χ3n) is 11.0. The maximum absolute atomic E-state index is 17.1. The zero-order valence-corrected chi connectivity index (χ0v) is 27.2. The van der Waals surface area contributed by atoms with Crippen molar-refractivity contribution < 1.29 is 18.3 Å². The Bertz CT molecular complexity index is 1860. The van der Waals surface area contributed by atoms with E-state index in [0.29, 0.717) is 62.1 Å². The van der Waals surface area contributed by atoms with Gasteiger partial charge in [0.1, 0.15) is 29.8 Å². The van der Waals surface area contributed by atoms with Gasteiger partial charge in [0, 0.05) is 49.6 Å². The highest BCUT2D eigenvalue weighted by Crippen LogP contribution is 2.42. The van der Waals surface area contributed by atoms with E-state index in [9.17, 15) is 9.18 Å². The van der Waals surface area contributed by atoms with Gasteiger partial charge in [-0.25, -0.2) is 8.78 Å². The average molecular weight is 645 g/mol. The van der Waals surface area contributed by atoms with E-state index in [-0.39, 0.29) is 29.7 Å². The molecule has 248 valence electrons. The fraction of sp³-hybridized carbons (Fsp3) is 0.571. The van der Waals surface area contributed by atoms with Crippen LogP contribution in [0, 0.1) is 12.7 Å². The molecule has 12 heteroatoms. The van der Waals surface area contributed by atoms with Gasteiger partial charge in [-0.15, -0.1) is 0 Å². The van der Waals surface area contributed by atoms with E-state index in [0.717, 1.165) is 67.1 Å². The number of hydrogen-bond donors (Lipinski definition) is 2. The number of pyridine rings is 1. The number of nitrogens with one attached hydrogen (secondary N) is 2. The maximum Gasteiger partial charge on any atom is 0.319 e. The van der Waals surface area contributed by atoms with E-state index in [2.05, 4.69) is 32.2 Å². The zero-order chi connectivity index (χ0) is 32.3. The number of ether oxygens (including phenoxy) is 1. The highest BCUT2D eigenvalue weighted by molar-refractivity contribution is 5.99. The molecule has 5 aliphatic heterocycles. The molecule has 0 unspecified atom stereocenters. The van der Waals surface area contributed by atoms with E-state index in [1.165, 1.54) is 0 Å². The molecule has 6 bridgehead atoms. The summed E-state index contributed by atoms with van der Waals surface area (Å²) < 4.78 is 38.1. The number of hydrogen-bond acceptors (Lipinski definition) is 8. The minimum atomic E-state index is -0.891. The summed E-state index contributed by atoms with van der Waals surface area (Å²) in [4.78, 5) is 32.0. The number of aromatic nitrogens is 5. The van der Waals surface area contributed by atoms with Crippen LogP contribution in [-0.4, -0.2) is 86.0 Å². The van der Waals surface area contributed by atoms with Gasteiger partial charge in [0.25, 0.3) is 0 Å². The van der Waals surface area contributed by atoms with Gasteiger partial charge >= 0.3 is 6.01 Å². The Hall–Kier alpha value is -3.93. The third-order valence-corrected chi connectivity index (χ3v) is 11.0. The van der Waals surface area contributed by atoms with Crippen molar-refractivity contribution in [3.8, 4) is 17.3 Å². The summed E-state index contributed by atoms with van der Waals surface area (Å²) in [6.07, 6.45) is 9.98. The van der Waals surface area contributed by atoms with Crippen molar-refractivity contribution in [2.75, 3.05) is 37.7 Å². The normalized spacial score (nSPS) is 26.9. The quantitative estimate of drug-likeness (QED) is 0.298. The first kappa shape index (κ1) is 30.4. The van der Waals surface area contributed by atoms with Crippen molar-refractivity contribution in [1.82, 2.24) is 35.4 Å². The minimum absolute atomic E-state index is 0.0414. The van der Waals surface area contributed by atoms with Crippen LogP contribution in [-0.2, 0) is 11.2 Å². The minimum Gasteiger partial charge on any atom is -0.461 e. The Labute approximate surface area is 272 Å². The molecule has 2 N–H and O–H groups in total. The summed E-state index contributed by atoms with van der Waals surface area (Å²) >= 11 is 0. The van der Waals surface area contributed by atoms with Crippen molar-refractivity contribution in [2.24, 2.45) is 0 Å². The van der Waals surface area contributed by atoms with Gasteiger partial charge in [-0.1, -0.05) is 0 Å². The standard InChI is InChI=1S/C35H42F2N8O2/c1-21-14-26-24(17-39-43-26)28-23(21)8-3-4-9-27(46)42-34(2)10-5-6-12-44(19-34)32-25-16-38-31(28)29(37)30(25)40-33(41-32)47-20-35-11-7-13-45(35)18-22(36)15-35/h14,16-17,22H,3-13,15,18-20H2,1-2H3,(H,39,43)(H,42,46)/t22-,34-,35+/m1/s1. The lowest BCUT2D eigenvalue weighted by molar-refractivity contribution is -0.122. The van der Waals surface area contributed by atoms with Crippen molar-refractivity contribution in [2.45, 2.75) is 95.3 Å². The number of amides is 1. The number of rotatable bonds is 3. The summed E-state index contributed by atoms with van der Waals surface area (Å²) in [5, 5.41) is 11.9. The Morgan fingerprint density at radius 2 is 1.94 bits per heavy atom. The maximum atomic E-state index is 17.1. The first-order valence-corrected chi connectivity index (χ1v) is 17.1. The third kappa shape index (κ3) is 5.38. The number of carbonyl (C=O) groups is 1. The summed E-state index contributed by atoms with van der Waals surface area (Å²) in [5.74, 6) is 0.0410. The van der Waals surface area contributed by atoms with Crippen molar-refractivity contribution in [3.63, 3.8) is 0 Å². The van der Waals surface area contributed by atoms with Crippen LogP contribution in [0.25, 0.3) is 33.1 Å². The van der Waals surface area contributed by atoms with Crippen LogP contribution in [0.15, 0.2) is 18.5 Å². The van der Waals surface area contributed by atoms with Crippen LogP contribution in [0.2, 0.25) is 0 Å². The molecule has 10 nitrogen and oxygen atoms in total. The molecule has 9 rings (SSSR count). The SMILES string of the molecule is Cc1cc2[nH]ncc2c2c1CCCCC(=O)N[C@]1(C)CCCCN(C1)c1nc(OC[C@@]34CCCN3C[C@H](F)C4)nc3c(F)c-2ncc13. The molecule has 0 aliphatic carbocycles. The molecule has 0 spiro atoms. The Kier molecular flexibility index (Phi) is 7.53. The number of aromatic amines is 1. The van der Waals surface area contributed by atoms with E-state index in [1.54, 1.807) is 12.4 Å². The number of halogens is 2. The van der Waals surface area contributed by atoms with E-state index >= 15 is 4.39 Å². The van der Waals surface area contributed by atoms with Crippen LogP contribution in [0.3, 0.4) is 0 Å². The largest absolute Gasteiger partial charge is 0.461 e. The highest BCUT2D eigenvalue weighted by Gasteiger charge is 2.49. The molecule has 3 saturated heterocycles.